The third-order valence-corrected chi connectivity index (χ3v) is 4.48. The van der Waals surface area contributed by atoms with E-state index in [2.05, 4.69) is 9.97 Å². The van der Waals surface area contributed by atoms with Crippen molar-refractivity contribution >= 4 is 11.5 Å². The number of carbonyl (C=O) groups excluding carboxylic acids is 1. The largest absolute Gasteiger partial charge is 0.507 e. The number of nitrogens with two attached hydrogens (primary N) is 1. The second kappa shape index (κ2) is 6.16. The smallest absolute Gasteiger partial charge is 0.258 e. The van der Waals surface area contributed by atoms with Crippen molar-refractivity contribution in [1.82, 2.24) is 14.9 Å². The maximum atomic E-state index is 13.1. The fourth-order valence-corrected chi connectivity index (χ4v) is 2.77. The summed E-state index contributed by atoms with van der Waals surface area (Å²) in [6.07, 6.45) is 0. The number of hydrogen-bond donors (Lipinski definition) is 2. The molecule has 0 saturated carbocycles. The van der Waals surface area contributed by atoms with Gasteiger partial charge in [-0.25, -0.2) is 14.4 Å². The Bertz CT molecular complexity index is 885. The molecule has 0 aliphatic carbocycles. The monoisotopic (exact) mass is 342 g/mol. The molecule has 1 amide bonds. The fourth-order valence-electron chi connectivity index (χ4n) is 2.77. The van der Waals surface area contributed by atoms with E-state index in [-0.39, 0.29) is 18.7 Å². The predicted octanol–water partition coefficient (Wildman–Crippen LogP) is 2.07. The number of phenols is 1. The number of aromatic nitrogens is 2. The molecule has 0 radical (unpaired) electrons. The highest BCUT2D eigenvalue weighted by molar-refractivity contribution is 5.98. The number of phenolic OH excluding ortho intramolecular Hbond substituents is 1. The number of amides is 1. The number of hydrogen-bond acceptors (Lipinski definition) is 5. The Kier molecular flexibility index (Phi) is 4.16. The summed E-state index contributed by atoms with van der Waals surface area (Å²) in [5.41, 5.74) is 10.1. The highest BCUT2D eigenvalue weighted by Crippen LogP contribution is 2.27. The second-order valence-electron chi connectivity index (χ2n) is 6.17. The molecule has 2 aromatic rings. The summed E-state index contributed by atoms with van der Waals surface area (Å²) in [6, 6.07) is 3.31. The van der Waals surface area contributed by atoms with Crippen LogP contribution in [0.5, 0.6) is 5.75 Å². The Labute approximate surface area is 144 Å². The molecule has 0 fully saturated rings. The van der Waals surface area contributed by atoms with Gasteiger partial charge < -0.3 is 15.7 Å². The Morgan fingerprint density at radius 1 is 1.20 bits per heavy atom. The van der Waals surface area contributed by atoms with Crippen LogP contribution in [0.1, 0.15) is 33.1 Å². The maximum Gasteiger partial charge on any atom is 0.258 e. The normalized spacial score (nSPS) is 14.3. The molecule has 1 aromatic heterocycles. The molecule has 130 valence electrons. The van der Waals surface area contributed by atoms with E-state index in [4.69, 9.17) is 5.73 Å². The third kappa shape index (κ3) is 3.05. The van der Waals surface area contributed by atoms with Crippen molar-refractivity contribution in [3.05, 3.63) is 58.1 Å². The first-order valence-electron chi connectivity index (χ1n) is 7.85. The van der Waals surface area contributed by atoms with E-state index in [0.29, 0.717) is 17.1 Å². The van der Waals surface area contributed by atoms with Gasteiger partial charge in [-0.15, -0.1) is 0 Å². The third-order valence-electron chi connectivity index (χ3n) is 4.48. The highest BCUT2D eigenvalue weighted by Gasteiger charge is 2.29. The van der Waals surface area contributed by atoms with Gasteiger partial charge in [0.1, 0.15) is 11.6 Å². The lowest BCUT2D eigenvalue weighted by atomic mass is 10.1. The van der Waals surface area contributed by atoms with E-state index in [1.807, 2.05) is 20.8 Å². The number of rotatable bonds is 2. The summed E-state index contributed by atoms with van der Waals surface area (Å²) < 4.78 is 13.1. The van der Waals surface area contributed by atoms with Gasteiger partial charge in [0.2, 0.25) is 0 Å². The van der Waals surface area contributed by atoms with Crippen molar-refractivity contribution in [1.29, 1.82) is 0 Å². The fraction of sp³-hybridized carbons (Fsp3) is 0.278. The van der Waals surface area contributed by atoms with Crippen LogP contribution in [0.25, 0.3) is 5.57 Å². The van der Waals surface area contributed by atoms with E-state index in [1.165, 1.54) is 11.0 Å². The van der Waals surface area contributed by atoms with Gasteiger partial charge in [-0.05, 0) is 38.5 Å². The molecule has 0 saturated heterocycles. The Morgan fingerprint density at radius 2 is 1.84 bits per heavy atom. The second-order valence-corrected chi connectivity index (χ2v) is 6.17. The van der Waals surface area contributed by atoms with Gasteiger partial charge in [-0.2, -0.15) is 0 Å². The first-order chi connectivity index (χ1) is 11.8. The number of halogens is 1. The van der Waals surface area contributed by atoms with Gasteiger partial charge in [0, 0.05) is 28.7 Å². The first kappa shape index (κ1) is 16.9. The lowest BCUT2D eigenvalue weighted by Gasteiger charge is -2.17. The lowest BCUT2D eigenvalue weighted by Crippen LogP contribution is -2.30. The molecule has 1 aliphatic rings. The SMILES string of the molecule is Cc1nc(C2=C(N)CN(C(=O)c3ccc(F)cc3O)C2)nc(C)c1C. The van der Waals surface area contributed by atoms with Crippen molar-refractivity contribution in [3.63, 3.8) is 0 Å². The summed E-state index contributed by atoms with van der Waals surface area (Å²) in [4.78, 5) is 23.0. The minimum atomic E-state index is -0.604. The number of aryl methyl sites for hydroxylation is 2. The van der Waals surface area contributed by atoms with Crippen LogP contribution >= 0.6 is 0 Å². The zero-order chi connectivity index (χ0) is 18.3. The Morgan fingerprint density at radius 3 is 2.44 bits per heavy atom. The molecule has 1 aromatic carbocycles. The molecular formula is C18H19FN4O2. The van der Waals surface area contributed by atoms with E-state index in [1.54, 1.807) is 0 Å². The zero-order valence-corrected chi connectivity index (χ0v) is 14.3. The van der Waals surface area contributed by atoms with Crippen LogP contribution in [-0.4, -0.2) is 39.0 Å². The maximum absolute atomic E-state index is 13.1. The number of nitrogens with zero attached hydrogens (tertiary/aromatic N) is 3. The van der Waals surface area contributed by atoms with Crippen LogP contribution in [0, 0.1) is 26.6 Å². The zero-order valence-electron chi connectivity index (χ0n) is 14.3. The van der Waals surface area contributed by atoms with Crippen molar-refractivity contribution in [2.45, 2.75) is 20.8 Å². The summed E-state index contributed by atoms with van der Waals surface area (Å²) in [6.45, 7) is 6.20. The average molecular weight is 342 g/mol. The Hall–Kier alpha value is -2.96. The molecule has 2 heterocycles. The predicted molar refractivity (Wildman–Crippen MR) is 91.3 cm³/mol. The summed E-state index contributed by atoms with van der Waals surface area (Å²) in [5.74, 6) is -0.907. The van der Waals surface area contributed by atoms with Crippen molar-refractivity contribution in [3.8, 4) is 5.75 Å². The van der Waals surface area contributed by atoms with E-state index >= 15 is 0 Å². The van der Waals surface area contributed by atoms with Crippen molar-refractivity contribution in [2.24, 2.45) is 5.73 Å². The van der Waals surface area contributed by atoms with Gasteiger partial charge >= 0.3 is 0 Å². The van der Waals surface area contributed by atoms with Gasteiger partial charge in [-0.1, -0.05) is 0 Å². The number of carbonyl (C=O) groups is 1. The van der Waals surface area contributed by atoms with Gasteiger partial charge in [-0.3, -0.25) is 4.79 Å². The van der Waals surface area contributed by atoms with Crippen molar-refractivity contribution < 1.29 is 14.3 Å². The van der Waals surface area contributed by atoms with Crippen LogP contribution < -0.4 is 5.73 Å². The molecule has 6 nitrogen and oxygen atoms in total. The summed E-state index contributed by atoms with van der Waals surface area (Å²) >= 11 is 0. The van der Waals surface area contributed by atoms with Gasteiger partial charge in [0.25, 0.3) is 5.91 Å². The molecule has 0 bridgehead atoms. The molecule has 3 rings (SSSR count). The van der Waals surface area contributed by atoms with Crippen LogP contribution in [0.2, 0.25) is 0 Å². The summed E-state index contributed by atoms with van der Waals surface area (Å²) in [7, 11) is 0. The first-order valence-corrected chi connectivity index (χ1v) is 7.85. The quantitative estimate of drug-likeness (QED) is 0.872. The minimum Gasteiger partial charge on any atom is -0.507 e. The highest BCUT2D eigenvalue weighted by atomic mass is 19.1. The minimum absolute atomic E-state index is 0.0348. The molecule has 0 atom stereocenters. The van der Waals surface area contributed by atoms with E-state index in [9.17, 15) is 14.3 Å². The Balaban J connectivity index is 1.87. The lowest BCUT2D eigenvalue weighted by molar-refractivity contribution is 0.0796. The summed E-state index contributed by atoms with van der Waals surface area (Å²) in [5, 5.41) is 9.82. The van der Waals surface area contributed by atoms with Crippen LogP contribution in [0.4, 0.5) is 4.39 Å². The molecule has 0 unspecified atom stereocenters. The standard InChI is InChI=1S/C18H19FN4O2/c1-9-10(2)21-17(22-11(9)3)14-7-23(8-15(14)20)18(25)13-5-4-12(19)6-16(13)24/h4-6,24H,7-8,20H2,1-3H3. The number of aromatic hydroxyl groups is 1. The average Bonchev–Trinajstić information content (AvgIpc) is 2.93. The van der Waals surface area contributed by atoms with Crippen LogP contribution in [0.3, 0.4) is 0 Å². The molecule has 7 heteroatoms. The van der Waals surface area contributed by atoms with Crippen molar-refractivity contribution in [2.75, 3.05) is 13.1 Å². The molecule has 0 spiro atoms. The van der Waals surface area contributed by atoms with E-state index < -0.39 is 17.5 Å². The van der Waals surface area contributed by atoms with Gasteiger partial charge in [0.05, 0.1) is 18.7 Å². The molecule has 25 heavy (non-hydrogen) atoms. The topological polar surface area (TPSA) is 92.3 Å². The van der Waals surface area contributed by atoms with Crippen LogP contribution in [0.15, 0.2) is 23.9 Å². The molecular weight excluding hydrogens is 323 g/mol. The van der Waals surface area contributed by atoms with E-state index in [0.717, 1.165) is 29.1 Å². The number of benzene rings is 1. The van der Waals surface area contributed by atoms with Crippen LogP contribution in [-0.2, 0) is 0 Å². The van der Waals surface area contributed by atoms with Gasteiger partial charge in [0.15, 0.2) is 5.82 Å². The molecule has 3 N–H and O–H groups in total. The molecule has 1 aliphatic heterocycles.